The van der Waals surface area contributed by atoms with Gasteiger partial charge in [-0.1, -0.05) is 29.8 Å². The molecule has 0 aliphatic carbocycles. The summed E-state index contributed by atoms with van der Waals surface area (Å²) in [5, 5.41) is 15.2. The van der Waals surface area contributed by atoms with Crippen molar-refractivity contribution in [3.8, 4) is 0 Å². The molecule has 9 heteroatoms. The highest BCUT2D eigenvalue weighted by atomic mass is 16.5. The minimum Gasteiger partial charge on any atom is -0.481 e. The van der Waals surface area contributed by atoms with Crippen LogP contribution in [0.5, 0.6) is 0 Å². The van der Waals surface area contributed by atoms with E-state index in [-0.39, 0.29) is 24.4 Å². The summed E-state index contributed by atoms with van der Waals surface area (Å²) in [6.45, 7) is 7.10. The van der Waals surface area contributed by atoms with E-state index in [2.05, 4.69) is 20.5 Å². The molecule has 1 saturated heterocycles. The summed E-state index contributed by atoms with van der Waals surface area (Å²) in [6, 6.07) is 15.2. The van der Waals surface area contributed by atoms with E-state index in [0.717, 1.165) is 11.3 Å². The van der Waals surface area contributed by atoms with Crippen molar-refractivity contribution in [3.05, 3.63) is 89.2 Å². The molecule has 0 spiro atoms. The topological polar surface area (TPSA) is 121 Å². The highest BCUT2D eigenvalue weighted by Crippen LogP contribution is 2.33. The average molecular weight is 517 g/mol. The number of benzene rings is 2. The first kappa shape index (κ1) is 26.8. The number of pyridine rings is 1. The van der Waals surface area contributed by atoms with E-state index in [9.17, 15) is 19.5 Å². The molecule has 3 unspecified atom stereocenters. The molecule has 9 nitrogen and oxygen atoms in total. The number of aliphatic carboxylic acids is 1. The Morgan fingerprint density at radius 1 is 1.03 bits per heavy atom. The average Bonchev–Trinajstić information content (AvgIpc) is 2.89. The number of rotatable bonds is 8. The van der Waals surface area contributed by atoms with Crippen LogP contribution in [-0.2, 0) is 9.53 Å². The van der Waals surface area contributed by atoms with Gasteiger partial charge in [-0.3, -0.25) is 19.4 Å². The Bertz CT molecular complexity index is 1290. The number of nitrogens with one attached hydrogen (secondary N) is 2. The Morgan fingerprint density at radius 3 is 2.37 bits per heavy atom. The van der Waals surface area contributed by atoms with Crippen LogP contribution in [-0.4, -0.2) is 53.2 Å². The molecule has 2 amide bonds. The first-order valence-corrected chi connectivity index (χ1v) is 12.5. The van der Waals surface area contributed by atoms with E-state index in [1.54, 1.807) is 30.5 Å². The molecule has 2 aromatic carbocycles. The van der Waals surface area contributed by atoms with Crippen LogP contribution in [0.3, 0.4) is 0 Å². The third kappa shape index (κ3) is 6.36. The summed E-state index contributed by atoms with van der Waals surface area (Å²) in [5.74, 6) is -1.82. The van der Waals surface area contributed by atoms with Crippen molar-refractivity contribution in [2.45, 2.75) is 45.3 Å². The van der Waals surface area contributed by atoms with Gasteiger partial charge >= 0.3 is 5.97 Å². The lowest BCUT2D eigenvalue weighted by atomic mass is 10.0. The van der Waals surface area contributed by atoms with E-state index in [4.69, 9.17) is 4.74 Å². The van der Waals surface area contributed by atoms with Crippen molar-refractivity contribution in [3.63, 3.8) is 0 Å². The molecule has 3 N–H and O–H groups in total. The van der Waals surface area contributed by atoms with Crippen LogP contribution in [0.15, 0.2) is 67.0 Å². The van der Waals surface area contributed by atoms with Crippen molar-refractivity contribution in [1.29, 1.82) is 0 Å². The largest absolute Gasteiger partial charge is 0.481 e. The molecule has 2 heterocycles. The van der Waals surface area contributed by atoms with Crippen LogP contribution in [0.1, 0.15) is 58.2 Å². The Balaban J connectivity index is 1.66. The van der Waals surface area contributed by atoms with Crippen LogP contribution in [0.4, 0.5) is 11.4 Å². The first-order valence-electron chi connectivity index (χ1n) is 12.5. The summed E-state index contributed by atoms with van der Waals surface area (Å²) in [7, 11) is 0. The molecule has 0 radical (unpaired) electrons. The molecule has 0 saturated carbocycles. The van der Waals surface area contributed by atoms with Gasteiger partial charge in [0.25, 0.3) is 11.8 Å². The Hall–Kier alpha value is -4.24. The van der Waals surface area contributed by atoms with E-state index >= 15 is 0 Å². The molecule has 1 fully saturated rings. The molecular formula is C29H32N4O5. The van der Waals surface area contributed by atoms with Gasteiger partial charge in [-0.2, -0.15) is 0 Å². The van der Waals surface area contributed by atoms with E-state index in [1.807, 2.05) is 51.1 Å². The van der Waals surface area contributed by atoms with Gasteiger partial charge < -0.3 is 25.4 Å². The Morgan fingerprint density at radius 2 is 1.74 bits per heavy atom. The van der Waals surface area contributed by atoms with Crippen LogP contribution in [0.25, 0.3) is 0 Å². The second-order valence-electron chi connectivity index (χ2n) is 9.61. The molecule has 1 aromatic heterocycles. The zero-order chi connectivity index (χ0) is 27.2. The fraction of sp³-hybridized carbons (Fsp3) is 0.310. The highest BCUT2D eigenvalue weighted by molar-refractivity contribution is 6.07. The van der Waals surface area contributed by atoms with Gasteiger partial charge in [-0.25, -0.2) is 0 Å². The number of amides is 2. The maximum Gasteiger partial charge on any atom is 0.305 e. The lowest BCUT2D eigenvalue weighted by molar-refractivity contribution is -0.137. The van der Waals surface area contributed by atoms with Gasteiger partial charge in [-0.05, 0) is 56.7 Å². The number of nitrogens with zero attached hydrogens (tertiary/aromatic N) is 2. The van der Waals surface area contributed by atoms with Crippen molar-refractivity contribution in [1.82, 2.24) is 10.3 Å². The van der Waals surface area contributed by atoms with Gasteiger partial charge in [-0.15, -0.1) is 0 Å². The maximum absolute atomic E-state index is 13.3. The van der Waals surface area contributed by atoms with Crippen molar-refractivity contribution in [2.75, 3.05) is 23.4 Å². The summed E-state index contributed by atoms with van der Waals surface area (Å²) in [5.41, 5.74) is 3.65. The summed E-state index contributed by atoms with van der Waals surface area (Å²) < 4.78 is 5.67. The van der Waals surface area contributed by atoms with Gasteiger partial charge in [0.05, 0.1) is 42.6 Å². The van der Waals surface area contributed by atoms with E-state index < -0.39 is 17.9 Å². The first-order chi connectivity index (χ1) is 18.2. The number of aryl methyl sites for hydroxylation is 1. The van der Waals surface area contributed by atoms with Gasteiger partial charge in [0.2, 0.25) is 0 Å². The van der Waals surface area contributed by atoms with Crippen LogP contribution >= 0.6 is 0 Å². The Kier molecular flexibility index (Phi) is 8.38. The number of carboxylic acids is 1. The lowest BCUT2D eigenvalue weighted by Crippen LogP contribution is -2.50. The standard InChI is InChI=1S/C29H32N4O5/c1-18-6-8-21(9-7-18)24(14-27(34)35)31-28(36)22-10-11-26(33-19(2)16-38-17-20(33)3)25(13-22)32-29(37)23-5-4-12-30-15-23/h4-13,15,19-20,24H,14,16-17H2,1-3H3,(H,31,36)(H,32,37)(H,34,35). The molecule has 3 aromatic rings. The fourth-order valence-corrected chi connectivity index (χ4v) is 4.64. The third-order valence-electron chi connectivity index (χ3n) is 6.54. The number of carboxylic acid groups (broad SMARTS) is 1. The molecule has 1 aliphatic rings. The number of anilines is 2. The van der Waals surface area contributed by atoms with E-state index in [1.165, 1.54) is 6.20 Å². The SMILES string of the molecule is Cc1ccc(C(CC(=O)O)NC(=O)c2ccc(N3C(C)COCC3C)c(NC(=O)c3cccnc3)c2)cc1. The van der Waals surface area contributed by atoms with Gasteiger partial charge in [0.15, 0.2) is 0 Å². The second kappa shape index (κ2) is 11.9. The number of carbonyl (C=O) groups excluding carboxylic acids is 2. The molecule has 4 rings (SSSR count). The number of hydrogen-bond acceptors (Lipinski definition) is 6. The highest BCUT2D eigenvalue weighted by Gasteiger charge is 2.29. The minimum atomic E-state index is -1.02. The maximum atomic E-state index is 13.3. The summed E-state index contributed by atoms with van der Waals surface area (Å²) in [4.78, 5) is 44.1. The zero-order valence-corrected chi connectivity index (χ0v) is 21.7. The number of ether oxygens (including phenoxy) is 1. The number of morpholine rings is 1. The lowest BCUT2D eigenvalue weighted by Gasteiger charge is -2.41. The number of aromatic nitrogens is 1. The number of carbonyl (C=O) groups is 3. The predicted octanol–water partition coefficient (Wildman–Crippen LogP) is 4.20. The van der Waals surface area contributed by atoms with Crippen molar-refractivity contribution in [2.24, 2.45) is 0 Å². The quantitative estimate of drug-likeness (QED) is 0.410. The monoisotopic (exact) mass is 516 g/mol. The van der Waals surface area contributed by atoms with Crippen LogP contribution in [0, 0.1) is 6.92 Å². The molecule has 1 aliphatic heterocycles. The van der Waals surface area contributed by atoms with Crippen molar-refractivity contribution >= 4 is 29.2 Å². The molecular weight excluding hydrogens is 484 g/mol. The van der Waals surface area contributed by atoms with E-state index in [0.29, 0.717) is 35.6 Å². The van der Waals surface area contributed by atoms with Crippen LogP contribution in [0.2, 0.25) is 0 Å². The summed E-state index contributed by atoms with van der Waals surface area (Å²) >= 11 is 0. The predicted molar refractivity (Wildman–Crippen MR) is 144 cm³/mol. The molecule has 0 bridgehead atoms. The third-order valence-corrected chi connectivity index (χ3v) is 6.54. The van der Waals surface area contributed by atoms with Crippen molar-refractivity contribution < 1.29 is 24.2 Å². The Labute approximate surface area is 221 Å². The molecule has 3 atom stereocenters. The minimum absolute atomic E-state index is 0.0500. The summed E-state index contributed by atoms with van der Waals surface area (Å²) in [6.07, 6.45) is 2.80. The molecule has 198 valence electrons. The molecule has 38 heavy (non-hydrogen) atoms. The number of hydrogen-bond donors (Lipinski definition) is 3. The van der Waals surface area contributed by atoms with Crippen LogP contribution < -0.4 is 15.5 Å². The fourth-order valence-electron chi connectivity index (χ4n) is 4.64. The van der Waals surface area contributed by atoms with Gasteiger partial charge in [0.1, 0.15) is 0 Å². The zero-order valence-electron chi connectivity index (χ0n) is 21.7. The van der Waals surface area contributed by atoms with Gasteiger partial charge in [0, 0.05) is 30.0 Å². The second-order valence-corrected chi connectivity index (χ2v) is 9.61. The smallest absolute Gasteiger partial charge is 0.305 e. The normalized spacial score (nSPS) is 17.9.